The maximum atomic E-state index is 11.9. The lowest BCUT2D eigenvalue weighted by molar-refractivity contribution is -0.123. The second kappa shape index (κ2) is 7.13. The van der Waals surface area contributed by atoms with Gasteiger partial charge in [-0.05, 0) is 43.5 Å². The fraction of sp³-hybridized carbons (Fsp3) is 0.500. The highest BCUT2D eigenvalue weighted by Gasteiger charge is 2.19. The number of carbonyl (C=O) groups excluding carboxylic acids is 1. The minimum atomic E-state index is -0.0329. The minimum Gasteiger partial charge on any atom is -0.354 e. The number of hydrogen-bond acceptors (Lipinski definition) is 2. The standard InChI is InChI=1S/C14H18Cl2N2O/c15-11-5-4-10(12(16)9-11)6-8-18-14(19)13-3-1-2-7-17-13/h4-5,9,13,17H,1-3,6-8H2,(H,18,19)/t13-/m1/s1. The summed E-state index contributed by atoms with van der Waals surface area (Å²) in [5.41, 5.74) is 1.00. The van der Waals surface area contributed by atoms with Crippen LogP contribution in [0.5, 0.6) is 0 Å². The third-order valence-corrected chi connectivity index (χ3v) is 3.92. The fourth-order valence-electron chi connectivity index (χ4n) is 2.24. The van der Waals surface area contributed by atoms with Crippen LogP contribution in [-0.2, 0) is 11.2 Å². The topological polar surface area (TPSA) is 41.1 Å². The number of nitrogens with one attached hydrogen (secondary N) is 2. The SMILES string of the molecule is O=C(NCCc1ccc(Cl)cc1Cl)[C@H]1CCCCN1. The molecular weight excluding hydrogens is 283 g/mol. The van der Waals surface area contributed by atoms with Crippen LogP contribution in [-0.4, -0.2) is 25.0 Å². The van der Waals surface area contributed by atoms with Crippen LogP contribution < -0.4 is 10.6 Å². The summed E-state index contributed by atoms with van der Waals surface area (Å²) >= 11 is 11.9. The number of benzene rings is 1. The van der Waals surface area contributed by atoms with Gasteiger partial charge >= 0.3 is 0 Å². The minimum absolute atomic E-state index is 0.0329. The molecule has 1 atom stereocenters. The van der Waals surface area contributed by atoms with Gasteiger partial charge in [-0.1, -0.05) is 35.7 Å². The number of halogens is 2. The predicted molar refractivity (Wildman–Crippen MR) is 78.8 cm³/mol. The molecule has 0 aliphatic carbocycles. The molecule has 1 aromatic rings. The molecule has 0 radical (unpaired) electrons. The Morgan fingerprint density at radius 1 is 1.37 bits per heavy atom. The van der Waals surface area contributed by atoms with E-state index in [0.29, 0.717) is 23.0 Å². The monoisotopic (exact) mass is 300 g/mol. The first-order valence-electron chi connectivity index (χ1n) is 6.62. The van der Waals surface area contributed by atoms with Gasteiger partial charge in [0.25, 0.3) is 0 Å². The van der Waals surface area contributed by atoms with E-state index in [1.165, 1.54) is 0 Å². The summed E-state index contributed by atoms with van der Waals surface area (Å²) in [4.78, 5) is 11.9. The summed E-state index contributed by atoms with van der Waals surface area (Å²) in [6, 6.07) is 5.40. The molecule has 0 bridgehead atoms. The van der Waals surface area contributed by atoms with E-state index in [-0.39, 0.29) is 11.9 Å². The quantitative estimate of drug-likeness (QED) is 0.898. The average Bonchev–Trinajstić information content (AvgIpc) is 2.42. The van der Waals surface area contributed by atoms with Gasteiger partial charge < -0.3 is 10.6 Å². The highest BCUT2D eigenvalue weighted by atomic mass is 35.5. The van der Waals surface area contributed by atoms with Crippen LogP contribution in [0.3, 0.4) is 0 Å². The van der Waals surface area contributed by atoms with Crippen LogP contribution in [0.2, 0.25) is 10.0 Å². The summed E-state index contributed by atoms with van der Waals surface area (Å²) in [5, 5.41) is 7.46. The smallest absolute Gasteiger partial charge is 0.237 e. The number of carbonyl (C=O) groups is 1. The predicted octanol–water partition coefficient (Wildman–Crippen LogP) is 2.79. The lowest BCUT2D eigenvalue weighted by Gasteiger charge is -2.22. The van der Waals surface area contributed by atoms with Gasteiger partial charge in [0.1, 0.15) is 0 Å². The number of amides is 1. The number of hydrogen-bond donors (Lipinski definition) is 2. The van der Waals surface area contributed by atoms with E-state index < -0.39 is 0 Å². The van der Waals surface area contributed by atoms with Gasteiger partial charge in [-0.25, -0.2) is 0 Å². The van der Waals surface area contributed by atoms with Crippen molar-refractivity contribution in [3.63, 3.8) is 0 Å². The first-order chi connectivity index (χ1) is 9.16. The highest BCUT2D eigenvalue weighted by Crippen LogP contribution is 2.21. The maximum absolute atomic E-state index is 11.9. The molecule has 104 valence electrons. The third kappa shape index (κ3) is 4.37. The van der Waals surface area contributed by atoms with E-state index in [1.54, 1.807) is 6.07 Å². The van der Waals surface area contributed by atoms with Crippen molar-refractivity contribution in [2.45, 2.75) is 31.7 Å². The van der Waals surface area contributed by atoms with Crippen LogP contribution in [0, 0.1) is 0 Å². The Balaban J connectivity index is 1.78. The molecular formula is C14H18Cl2N2O. The van der Waals surface area contributed by atoms with E-state index in [2.05, 4.69) is 10.6 Å². The zero-order valence-electron chi connectivity index (χ0n) is 10.7. The lowest BCUT2D eigenvalue weighted by atomic mass is 10.0. The Morgan fingerprint density at radius 3 is 2.89 bits per heavy atom. The van der Waals surface area contributed by atoms with Crippen LogP contribution >= 0.6 is 23.2 Å². The van der Waals surface area contributed by atoms with E-state index in [9.17, 15) is 4.79 Å². The van der Waals surface area contributed by atoms with E-state index >= 15 is 0 Å². The van der Waals surface area contributed by atoms with Gasteiger partial charge in [-0.15, -0.1) is 0 Å². The molecule has 2 N–H and O–H groups in total. The van der Waals surface area contributed by atoms with Crippen molar-refractivity contribution in [2.24, 2.45) is 0 Å². The summed E-state index contributed by atoms with van der Waals surface area (Å²) in [6.07, 6.45) is 3.92. The Morgan fingerprint density at radius 2 is 2.21 bits per heavy atom. The normalized spacial score (nSPS) is 19.2. The molecule has 0 saturated carbocycles. The molecule has 0 unspecified atom stereocenters. The highest BCUT2D eigenvalue weighted by molar-refractivity contribution is 6.35. The second-order valence-corrected chi connectivity index (χ2v) is 5.62. The summed E-state index contributed by atoms with van der Waals surface area (Å²) in [5.74, 6) is 0.0878. The molecule has 3 nitrogen and oxygen atoms in total. The first kappa shape index (κ1) is 14.6. The molecule has 1 aromatic carbocycles. The fourth-order valence-corrected chi connectivity index (χ4v) is 2.75. The van der Waals surface area contributed by atoms with Crippen molar-refractivity contribution in [3.8, 4) is 0 Å². The molecule has 5 heteroatoms. The summed E-state index contributed by atoms with van der Waals surface area (Å²) in [7, 11) is 0. The largest absolute Gasteiger partial charge is 0.354 e. The second-order valence-electron chi connectivity index (χ2n) is 4.78. The zero-order valence-corrected chi connectivity index (χ0v) is 12.2. The van der Waals surface area contributed by atoms with Crippen molar-refractivity contribution in [1.82, 2.24) is 10.6 Å². The first-order valence-corrected chi connectivity index (χ1v) is 7.37. The van der Waals surface area contributed by atoms with Crippen molar-refractivity contribution in [3.05, 3.63) is 33.8 Å². The Kier molecular flexibility index (Phi) is 5.49. The van der Waals surface area contributed by atoms with Crippen molar-refractivity contribution in [2.75, 3.05) is 13.1 Å². The van der Waals surface area contributed by atoms with Crippen LogP contribution in [0.25, 0.3) is 0 Å². The van der Waals surface area contributed by atoms with Gasteiger partial charge in [0.15, 0.2) is 0 Å². The molecule has 2 rings (SSSR count). The molecule has 1 fully saturated rings. The Labute approximate surface area is 123 Å². The Bertz CT molecular complexity index is 445. The maximum Gasteiger partial charge on any atom is 0.237 e. The lowest BCUT2D eigenvalue weighted by Crippen LogP contribution is -2.47. The third-order valence-electron chi connectivity index (χ3n) is 3.34. The molecule has 1 aliphatic heterocycles. The average molecular weight is 301 g/mol. The van der Waals surface area contributed by atoms with Gasteiger partial charge in [0.05, 0.1) is 6.04 Å². The molecule has 19 heavy (non-hydrogen) atoms. The van der Waals surface area contributed by atoms with Gasteiger partial charge in [-0.3, -0.25) is 4.79 Å². The number of piperidine rings is 1. The van der Waals surface area contributed by atoms with Gasteiger partial charge in [-0.2, -0.15) is 0 Å². The zero-order chi connectivity index (χ0) is 13.7. The Hall–Kier alpha value is -0.770. The molecule has 0 spiro atoms. The molecule has 1 aliphatic rings. The van der Waals surface area contributed by atoms with Crippen LogP contribution in [0.1, 0.15) is 24.8 Å². The molecule has 1 saturated heterocycles. The van der Waals surface area contributed by atoms with E-state index in [1.807, 2.05) is 12.1 Å². The summed E-state index contributed by atoms with van der Waals surface area (Å²) < 4.78 is 0. The molecule has 0 aromatic heterocycles. The van der Waals surface area contributed by atoms with Crippen LogP contribution in [0.15, 0.2) is 18.2 Å². The van der Waals surface area contributed by atoms with Crippen molar-refractivity contribution < 1.29 is 4.79 Å². The number of rotatable bonds is 4. The molecule has 1 amide bonds. The van der Waals surface area contributed by atoms with Crippen LogP contribution in [0.4, 0.5) is 0 Å². The van der Waals surface area contributed by atoms with Crippen molar-refractivity contribution >= 4 is 29.1 Å². The summed E-state index contributed by atoms with van der Waals surface area (Å²) in [6.45, 7) is 1.53. The van der Waals surface area contributed by atoms with Gasteiger partial charge in [0, 0.05) is 16.6 Å². The molecule has 1 heterocycles. The van der Waals surface area contributed by atoms with Gasteiger partial charge in [0.2, 0.25) is 5.91 Å². The van der Waals surface area contributed by atoms with E-state index in [4.69, 9.17) is 23.2 Å². The van der Waals surface area contributed by atoms with E-state index in [0.717, 1.165) is 31.4 Å². The van der Waals surface area contributed by atoms with Crippen molar-refractivity contribution in [1.29, 1.82) is 0 Å².